The topological polar surface area (TPSA) is 113 Å². The van der Waals surface area contributed by atoms with E-state index in [1.807, 2.05) is 30.3 Å². The maximum absolute atomic E-state index is 11.8. The fraction of sp³-hybridized carbons (Fsp3) is 0.385. The summed E-state index contributed by atoms with van der Waals surface area (Å²) in [6, 6.07) is 7.29. The quantitative estimate of drug-likeness (QED) is 0.532. The van der Waals surface area contributed by atoms with Crippen molar-refractivity contribution in [3.63, 3.8) is 0 Å². The molecular weight excluding hydrogens is 248 g/mol. The minimum absolute atomic E-state index is 0.0425. The molecule has 0 aliphatic heterocycles. The Morgan fingerprint density at radius 2 is 1.89 bits per heavy atom. The van der Waals surface area contributed by atoms with Gasteiger partial charge in [0.25, 0.3) is 0 Å². The number of amides is 1. The summed E-state index contributed by atoms with van der Waals surface area (Å²) in [5.74, 6) is -1.72. The normalized spacial score (nSPS) is 13.6. The molecule has 0 saturated carbocycles. The summed E-state index contributed by atoms with van der Waals surface area (Å²) < 4.78 is 0. The number of hydrogen-bond acceptors (Lipinski definition) is 4. The smallest absolute Gasteiger partial charge is 0.326 e. The molecule has 0 bridgehead atoms. The van der Waals surface area contributed by atoms with Crippen LogP contribution in [-0.4, -0.2) is 40.8 Å². The van der Waals surface area contributed by atoms with Crippen molar-refractivity contribution in [2.45, 2.75) is 24.9 Å². The van der Waals surface area contributed by atoms with Crippen LogP contribution in [0.25, 0.3) is 0 Å². The third-order valence-corrected chi connectivity index (χ3v) is 2.67. The van der Waals surface area contributed by atoms with Gasteiger partial charge in [-0.2, -0.15) is 0 Å². The third-order valence-electron chi connectivity index (χ3n) is 2.67. The highest BCUT2D eigenvalue weighted by Gasteiger charge is 2.22. The second-order valence-electron chi connectivity index (χ2n) is 4.21. The number of aliphatic hydroxyl groups excluding tert-OH is 1. The highest BCUT2D eigenvalue weighted by atomic mass is 16.4. The number of carboxylic acid groups (broad SMARTS) is 1. The Balaban J connectivity index is 2.54. The summed E-state index contributed by atoms with van der Waals surface area (Å²) in [5, 5.41) is 19.9. The largest absolute Gasteiger partial charge is 0.480 e. The fourth-order valence-corrected chi connectivity index (χ4v) is 1.63. The molecule has 6 nitrogen and oxygen atoms in total. The van der Waals surface area contributed by atoms with Gasteiger partial charge < -0.3 is 21.3 Å². The van der Waals surface area contributed by atoms with E-state index < -0.39 is 24.0 Å². The average molecular weight is 266 g/mol. The molecule has 0 radical (unpaired) electrons. The second-order valence-corrected chi connectivity index (χ2v) is 4.21. The molecule has 19 heavy (non-hydrogen) atoms. The first kappa shape index (κ1) is 15.1. The van der Waals surface area contributed by atoms with Crippen LogP contribution in [0.5, 0.6) is 0 Å². The van der Waals surface area contributed by atoms with Crippen molar-refractivity contribution in [1.29, 1.82) is 0 Å². The minimum Gasteiger partial charge on any atom is -0.480 e. The maximum atomic E-state index is 11.8. The number of carbonyl (C=O) groups excluding carboxylic acids is 1. The molecule has 0 aliphatic carbocycles. The van der Waals surface area contributed by atoms with Crippen LogP contribution in [0.2, 0.25) is 0 Å². The molecule has 0 fully saturated rings. The van der Waals surface area contributed by atoms with Gasteiger partial charge in [0.05, 0.1) is 6.04 Å². The van der Waals surface area contributed by atoms with Gasteiger partial charge in [-0.3, -0.25) is 4.79 Å². The van der Waals surface area contributed by atoms with Crippen molar-refractivity contribution in [3.8, 4) is 0 Å². The Morgan fingerprint density at radius 3 is 2.42 bits per heavy atom. The van der Waals surface area contributed by atoms with Gasteiger partial charge in [0.2, 0.25) is 5.91 Å². The lowest BCUT2D eigenvalue weighted by Gasteiger charge is -2.17. The van der Waals surface area contributed by atoms with Crippen molar-refractivity contribution >= 4 is 11.9 Å². The summed E-state index contributed by atoms with van der Waals surface area (Å²) in [6.07, 6.45) is 0.289. The van der Waals surface area contributed by atoms with Crippen molar-refractivity contribution in [2.24, 2.45) is 5.73 Å². The standard InChI is InChI=1S/C13H18N2O4/c14-10(8-9-4-2-1-3-5-9)12(17)15-11(6-7-16)13(18)19/h1-5,10-11,16H,6-8,14H2,(H,15,17)(H,18,19)/t10-,11-/m0/s1. The molecule has 0 saturated heterocycles. The Bertz CT molecular complexity index is 422. The zero-order valence-corrected chi connectivity index (χ0v) is 10.5. The molecule has 1 aromatic rings. The molecule has 6 heteroatoms. The van der Waals surface area contributed by atoms with Gasteiger partial charge in [0.15, 0.2) is 0 Å². The van der Waals surface area contributed by atoms with E-state index in [4.69, 9.17) is 15.9 Å². The number of nitrogens with two attached hydrogens (primary N) is 1. The lowest BCUT2D eigenvalue weighted by molar-refractivity contribution is -0.142. The van der Waals surface area contributed by atoms with Crippen LogP contribution in [0, 0.1) is 0 Å². The van der Waals surface area contributed by atoms with Crippen LogP contribution in [0.15, 0.2) is 30.3 Å². The zero-order valence-electron chi connectivity index (χ0n) is 10.5. The zero-order chi connectivity index (χ0) is 14.3. The van der Waals surface area contributed by atoms with Gasteiger partial charge >= 0.3 is 5.97 Å². The van der Waals surface area contributed by atoms with E-state index in [2.05, 4.69) is 5.32 Å². The number of aliphatic hydroxyl groups is 1. The lowest BCUT2D eigenvalue weighted by atomic mass is 10.1. The Morgan fingerprint density at radius 1 is 1.26 bits per heavy atom. The molecule has 2 atom stereocenters. The van der Waals surface area contributed by atoms with Gasteiger partial charge in [0.1, 0.15) is 6.04 Å². The minimum atomic E-state index is -1.19. The first-order chi connectivity index (χ1) is 9.04. The van der Waals surface area contributed by atoms with Crippen molar-refractivity contribution in [3.05, 3.63) is 35.9 Å². The van der Waals surface area contributed by atoms with Crippen LogP contribution in [0.4, 0.5) is 0 Å². The number of carbonyl (C=O) groups is 2. The van der Waals surface area contributed by atoms with E-state index in [1.54, 1.807) is 0 Å². The highest BCUT2D eigenvalue weighted by molar-refractivity contribution is 5.86. The van der Waals surface area contributed by atoms with E-state index >= 15 is 0 Å². The molecule has 0 aliphatic rings. The van der Waals surface area contributed by atoms with Gasteiger partial charge in [-0.15, -0.1) is 0 Å². The summed E-state index contributed by atoms with van der Waals surface area (Å²) in [6.45, 7) is -0.314. The Labute approximate surface area is 111 Å². The monoisotopic (exact) mass is 266 g/mol. The molecule has 0 heterocycles. The Hall–Kier alpha value is -1.92. The molecule has 1 aromatic carbocycles. The van der Waals surface area contributed by atoms with Crippen molar-refractivity contribution in [2.75, 3.05) is 6.61 Å². The molecule has 0 unspecified atom stereocenters. The second kappa shape index (κ2) is 7.50. The van der Waals surface area contributed by atoms with Gasteiger partial charge in [0, 0.05) is 13.0 Å². The summed E-state index contributed by atoms with van der Waals surface area (Å²) in [4.78, 5) is 22.6. The fourth-order valence-electron chi connectivity index (χ4n) is 1.63. The molecule has 1 amide bonds. The Kier molecular flexibility index (Phi) is 5.98. The van der Waals surface area contributed by atoms with E-state index in [-0.39, 0.29) is 13.0 Å². The van der Waals surface area contributed by atoms with E-state index in [1.165, 1.54) is 0 Å². The van der Waals surface area contributed by atoms with Crippen LogP contribution in [-0.2, 0) is 16.0 Å². The van der Waals surface area contributed by atoms with Crippen LogP contribution in [0.3, 0.4) is 0 Å². The lowest BCUT2D eigenvalue weighted by Crippen LogP contribution is -2.49. The summed E-state index contributed by atoms with van der Waals surface area (Å²) >= 11 is 0. The predicted octanol–water partition coefficient (Wildman–Crippen LogP) is -0.492. The highest BCUT2D eigenvalue weighted by Crippen LogP contribution is 2.02. The van der Waals surface area contributed by atoms with Crippen LogP contribution < -0.4 is 11.1 Å². The number of nitrogens with one attached hydrogen (secondary N) is 1. The van der Waals surface area contributed by atoms with Gasteiger partial charge in [-0.1, -0.05) is 30.3 Å². The number of rotatable bonds is 7. The van der Waals surface area contributed by atoms with Gasteiger partial charge in [-0.05, 0) is 12.0 Å². The van der Waals surface area contributed by atoms with Crippen molar-refractivity contribution < 1.29 is 19.8 Å². The first-order valence-electron chi connectivity index (χ1n) is 5.98. The number of hydrogen-bond donors (Lipinski definition) is 4. The number of carboxylic acids is 1. The van der Waals surface area contributed by atoms with Crippen LogP contribution >= 0.6 is 0 Å². The number of benzene rings is 1. The summed E-state index contributed by atoms with van der Waals surface area (Å²) in [5.41, 5.74) is 6.63. The van der Waals surface area contributed by atoms with E-state index in [9.17, 15) is 9.59 Å². The predicted molar refractivity (Wildman–Crippen MR) is 69.4 cm³/mol. The first-order valence-corrected chi connectivity index (χ1v) is 5.98. The molecule has 0 spiro atoms. The molecule has 104 valence electrons. The summed E-state index contributed by atoms with van der Waals surface area (Å²) in [7, 11) is 0. The number of aliphatic carboxylic acids is 1. The maximum Gasteiger partial charge on any atom is 0.326 e. The third kappa shape index (κ3) is 5.07. The van der Waals surface area contributed by atoms with Crippen molar-refractivity contribution in [1.82, 2.24) is 5.32 Å². The van der Waals surface area contributed by atoms with Crippen LogP contribution in [0.1, 0.15) is 12.0 Å². The molecular formula is C13H18N2O4. The molecule has 0 aromatic heterocycles. The van der Waals surface area contributed by atoms with E-state index in [0.29, 0.717) is 6.42 Å². The molecule has 1 rings (SSSR count). The SMILES string of the molecule is N[C@@H](Cc1ccccc1)C(=O)N[C@@H](CCO)C(=O)O. The molecule has 5 N–H and O–H groups in total. The van der Waals surface area contributed by atoms with E-state index in [0.717, 1.165) is 5.56 Å². The average Bonchev–Trinajstić information content (AvgIpc) is 2.39. The van der Waals surface area contributed by atoms with Gasteiger partial charge in [-0.25, -0.2) is 4.79 Å².